The van der Waals surface area contributed by atoms with Crippen LogP contribution in [0.1, 0.15) is 48.7 Å². The number of aliphatic hydroxyl groups excluding tert-OH is 1. The molecule has 0 saturated heterocycles. The lowest BCUT2D eigenvalue weighted by Gasteiger charge is -2.29. The molecule has 2 amide bonds. The summed E-state index contributed by atoms with van der Waals surface area (Å²) in [6, 6.07) is 24.3. The summed E-state index contributed by atoms with van der Waals surface area (Å²) in [4.78, 5) is 25.6. The van der Waals surface area contributed by atoms with Gasteiger partial charge in [0.1, 0.15) is 11.4 Å². The quantitative estimate of drug-likeness (QED) is 0.322. The number of phenolic OH excluding ortho intramolecular Hbond substituents is 1. The average molecular weight is 505 g/mol. The van der Waals surface area contributed by atoms with Gasteiger partial charge in [0.15, 0.2) is 0 Å². The SMILES string of the molecule is CC(C)(C)OC(=O)N[C@@H](Cc1ccccc1)C[C@H](O)[C@H](Cc1ccccc1)NC(=O)c1ccccc1O. The van der Waals surface area contributed by atoms with E-state index in [4.69, 9.17) is 4.74 Å². The first kappa shape index (κ1) is 27.7. The van der Waals surface area contributed by atoms with Gasteiger partial charge in [-0.05, 0) is 63.3 Å². The van der Waals surface area contributed by atoms with Gasteiger partial charge in [-0.2, -0.15) is 0 Å². The fraction of sp³-hybridized carbons (Fsp3) is 0.333. The number of aliphatic hydroxyl groups is 1. The first-order valence-corrected chi connectivity index (χ1v) is 12.4. The third-order valence-corrected chi connectivity index (χ3v) is 5.80. The van der Waals surface area contributed by atoms with Gasteiger partial charge in [-0.25, -0.2) is 4.79 Å². The molecule has 0 aliphatic rings. The number of amides is 2. The molecule has 0 bridgehead atoms. The lowest BCUT2D eigenvalue weighted by Crippen LogP contribution is -2.49. The van der Waals surface area contributed by atoms with Crippen LogP contribution < -0.4 is 10.6 Å². The number of carbonyl (C=O) groups is 2. The van der Waals surface area contributed by atoms with Crippen LogP contribution >= 0.6 is 0 Å². The Morgan fingerprint density at radius 1 is 0.811 bits per heavy atom. The van der Waals surface area contributed by atoms with E-state index < -0.39 is 35.8 Å². The van der Waals surface area contributed by atoms with Crippen molar-refractivity contribution >= 4 is 12.0 Å². The highest BCUT2D eigenvalue weighted by Gasteiger charge is 2.28. The summed E-state index contributed by atoms with van der Waals surface area (Å²) in [7, 11) is 0. The Morgan fingerprint density at radius 3 is 1.92 bits per heavy atom. The van der Waals surface area contributed by atoms with Gasteiger partial charge in [-0.15, -0.1) is 0 Å². The number of hydrogen-bond donors (Lipinski definition) is 4. The molecule has 0 aliphatic heterocycles. The Hall–Kier alpha value is -3.84. The second-order valence-electron chi connectivity index (χ2n) is 10.1. The molecule has 0 spiro atoms. The molecule has 0 aromatic heterocycles. The van der Waals surface area contributed by atoms with Gasteiger partial charge in [0.25, 0.3) is 5.91 Å². The van der Waals surface area contributed by atoms with E-state index in [0.717, 1.165) is 11.1 Å². The van der Waals surface area contributed by atoms with E-state index in [9.17, 15) is 19.8 Å². The van der Waals surface area contributed by atoms with Crippen molar-refractivity contribution in [2.75, 3.05) is 0 Å². The Bertz CT molecular complexity index is 1150. The number of ether oxygens (including phenoxy) is 1. The third kappa shape index (κ3) is 9.28. The van der Waals surface area contributed by atoms with E-state index in [0.29, 0.717) is 12.8 Å². The van der Waals surface area contributed by atoms with Crippen molar-refractivity contribution in [3.05, 3.63) is 102 Å². The van der Waals surface area contributed by atoms with E-state index >= 15 is 0 Å². The van der Waals surface area contributed by atoms with Crippen LogP contribution in [-0.4, -0.2) is 46.0 Å². The van der Waals surface area contributed by atoms with Gasteiger partial charge in [-0.1, -0.05) is 72.8 Å². The summed E-state index contributed by atoms with van der Waals surface area (Å²) in [5.41, 5.74) is 1.39. The predicted molar refractivity (Wildman–Crippen MR) is 143 cm³/mol. The van der Waals surface area contributed by atoms with Gasteiger partial charge < -0.3 is 25.6 Å². The molecule has 0 heterocycles. The van der Waals surface area contributed by atoms with Crippen LogP contribution in [-0.2, 0) is 17.6 Å². The van der Waals surface area contributed by atoms with Crippen molar-refractivity contribution in [1.82, 2.24) is 10.6 Å². The van der Waals surface area contributed by atoms with Gasteiger partial charge >= 0.3 is 6.09 Å². The van der Waals surface area contributed by atoms with Gasteiger partial charge in [0.2, 0.25) is 0 Å². The second kappa shape index (κ2) is 12.9. The van der Waals surface area contributed by atoms with Crippen LogP contribution in [0.4, 0.5) is 4.79 Å². The third-order valence-electron chi connectivity index (χ3n) is 5.80. The number of carbonyl (C=O) groups excluding carboxylic acids is 2. The molecule has 0 radical (unpaired) electrons. The van der Waals surface area contributed by atoms with Crippen molar-refractivity contribution < 1.29 is 24.5 Å². The van der Waals surface area contributed by atoms with E-state index in [2.05, 4.69) is 10.6 Å². The Morgan fingerprint density at radius 2 is 1.35 bits per heavy atom. The fourth-order valence-corrected chi connectivity index (χ4v) is 4.08. The summed E-state index contributed by atoms with van der Waals surface area (Å²) >= 11 is 0. The molecule has 0 fully saturated rings. The summed E-state index contributed by atoms with van der Waals surface area (Å²) in [6.45, 7) is 5.37. The lowest BCUT2D eigenvalue weighted by molar-refractivity contribution is 0.0463. The molecule has 3 aromatic rings. The van der Waals surface area contributed by atoms with Crippen LogP contribution in [0.25, 0.3) is 0 Å². The van der Waals surface area contributed by atoms with Gasteiger partial charge in [0.05, 0.1) is 17.7 Å². The van der Waals surface area contributed by atoms with Crippen LogP contribution in [0.3, 0.4) is 0 Å². The lowest BCUT2D eigenvalue weighted by atomic mass is 9.93. The molecule has 7 heteroatoms. The molecule has 196 valence electrons. The maximum absolute atomic E-state index is 13.0. The van der Waals surface area contributed by atoms with Gasteiger partial charge in [0, 0.05) is 6.04 Å². The first-order chi connectivity index (χ1) is 17.6. The van der Waals surface area contributed by atoms with E-state index in [1.165, 1.54) is 12.1 Å². The van der Waals surface area contributed by atoms with Crippen molar-refractivity contribution in [2.45, 2.75) is 63.8 Å². The average Bonchev–Trinajstić information content (AvgIpc) is 2.84. The standard InChI is InChI=1S/C30H36N2O5/c1-30(2,3)37-29(36)31-23(18-21-12-6-4-7-13-21)20-27(34)25(19-22-14-8-5-9-15-22)32-28(35)24-16-10-11-17-26(24)33/h4-17,23,25,27,33-34H,18-20H2,1-3H3,(H,31,36)(H,32,35)/t23-,25-,27-/m0/s1. The highest BCUT2D eigenvalue weighted by molar-refractivity contribution is 5.97. The zero-order chi connectivity index (χ0) is 26.8. The van der Waals surface area contributed by atoms with Crippen LogP contribution in [0.5, 0.6) is 5.75 Å². The summed E-state index contributed by atoms with van der Waals surface area (Å²) in [5, 5.41) is 27.3. The number of aromatic hydroxyl groups is 1. The Labute approximate surface area is 218 Å². The molecule has 0 saturated carbocycles. The molecule has 7 nitrogen and oxygen atoms in total. The zero-order valence-electron chi connectivity index (χ0n) is 21.6. The number of para-hydroxylation sites is 1. The topological polar surface area (TPSA) is 108 Å². The molecule has 3 rings (SSSR count). The molecular formula is C30H36N2O5. The molecule has 4 N–H and O–H groups in total. The molecule has 3 atom stereocenters. The minimum atomic E-state index is -1.00. The Balaban J connectivity index is 1.81. The zero-order valence-corrected chi connectivity index (χ0v) is 21.6. The maximum atomic E-state index is 13.0. The Kier molecular flexibility index (Phi) is 9.69. The summed E-state index contributed by atoms with van der Waals surface area (Å²) < 4.78 is 5.45. The van der Waals surface area contributed by atoms with Gasteiger partial charge in [-0.3, -0.25) is 4.79 Å². The van der Waals surface area contributed by atoms with Crippen molar-refractivity contribution in [2.24, 2.45) is 0 Å². The summed E-state index contributed by atoms with van der Waals surface area (Å²) in [6.07, 6.45) is -0.557. The van der Waals surface area contributed by atoms with Crippen LogP contribution in [0.15, 0.2) is 84.9 Å². The maximum Gasteiger partial charge on any atom is 0.407 e. The summed E-state index contributed by atoms with van der Waals surface area (Å²) in [5.74, 6) is -0.626. The van der Waals surface area contributed by atoms with E-state index in [1.54, 1.807) is 32.9 Å². The number of rotatable bonds is 10. The fourth-order valence-electron chi connectivity index (χ4n) is 4.08. The van der Waals surface area contributed by atoms with Crippen LogP contribution in [0.2, 0.25) is 0 Å². The monoisotopic (exact) mass is 504 g/mol. The van der Waals surface area contributed by atoms with Crippen molar-refractivity contribution in [3.63, 3.8) is 0 Å². The van der Waals surface area contributed by atoms with Crippen molar-refractivity contribution in [1.29, 1.82) is 0 Å². The molecule has 0 aliphatic carbocycles. The van der Waals surface area contributed by atoms with Crippen molar-refractivity contribution in [3.8, 4) is 5.75 Å². The highest BCUT2D eigenvalue weighted by Crippen LogP contribution is 2.18. The molecular weight excluding hydrogens is 468 g/mol. The predicted octanol–water partition coefficient (Wildman–Crippen LogP) is 4.62. The number of hydrogen-bond acceptors (Lipinski definition) is 5. The second-order valence-corrected chi connectivity index (χ2v) is 10.1. The minimum absolute atomic E-state index is 0.125. The van der Waals surface area contributed by atoms with Crippen LogP contribution in [0, 0.1) is 0 Å². The molecule has 0 unspecified atom stereocenters. The largest absolute Gasteiger partial charge is 0.507 e. The van der Waals surface area contributed by atoms with E-state index in [1.807, 2.05) is 60.7 Å². The highest BCUT2D eigenvalue weighted by atomic mass is 16.6. The first-order valence-electron chi connectivity index (χ1n) is 12.4. The number of phenols is 1. The molecule has 37 heavy (non-hydrogen) atoms. The van der Waals surface area contributed by atoms with E-state index in [-0.39, 0.29) is 17.7 Å². The minimum Gasteiger partial charge on any atom is -0.507 e. The smallest absolute Gasteiger partial charge is 0.407 e. The number of alkyl carbamates (subject to hydrolysis) is 1. The number of nitrogens with one attached hydrogen (secondary N) is 2. The number of benzene rings is 3. The normalized spacial score (nSPS) is 13.7. The molecule has 3 aromatic carbocycles.